The van der Waals surface area contributed by atoms with Gasteiger partial charge in [-0.1, -0.05) is 12.1 Å². The zero-order valence-corrected chi connectivity index (χ0v) is 14.6. The van der Waals surface area contributed by atoms with Crippen LogP contribution >= 0.6 is 0 Å². The van der Waals surface area contributed by atoms with Gasteiger partial charge in [-0.05, 0) is 30.3 Å². The molecule has 136 valence electrons. The summed E-state index contributed by atoms with van der Waals surface area (Å²) >= 11 is 0. The van der Waals surface area contributed by atoms with Gasteiger partial charge in [0.25, 0.3) is 0 Å². The summed E-state index contributed by atoms with van der Waals surface area (Å²) < 4.78 is 15.8. The van der Waals surface area contributed by atoms with Gasteiger partial charge >= 0.3 is 5.97 Å². The zero-order valence-electron chi connectivity index (χ0n) is 14.6. The fourth-order valence-corrected chi connectivity index (χ4v) is 2.37. The highest BCUT2D eigenvalue weighted by molar-refractivity contribution is 6.06. The van der Waals surface area contributed by atoms with Gasteiger partial charge < -0.3 is 24.6 Å². The quantitative estimate of drug-likeness (QED) is 0.740. The van der Waals surface area contributed by atoms with Crippen molar-refractivity contribution in [2.75, 3.05) is 26.6 Å². The van der Waals surface area contributed by atoms with Gasteiger partial charge in [0.05, 0.1) is 32.6 Å². The molecule has 2 N–H and O–H groups in total. The van der Waals surface area contributed by atoms with Gasteiger partial charge in [0.2, 0.25) is 11.7 Å². The molecule has 2 rings (SSSR count). The average Bonchev–Trinajstić information content (AvgIpc) is 2.65. The number of aromatic carboxylic acids is 1. The molecular formula is C19H19NO6. The summed E-state index contributed by atoms with van der Waals surface area (Å²) in [4.78, 5) is 23.3. The van der Waals surface area contributed by atoms with E-state index >= 15 is 0 Å². The van der Waals surface area contributed by atoms with E-state index in [9.17, 15) is 9.59 Å². The molecule has 7 heteroatoms. The van der Waals surface area contributed by atoms with Gasteiger partial charge in [-0.2, -0.15) is 0 Å². The van der Waals surface area contributed by atoms with Crippen LogP contribution in [-0.2, 0) is 4.79 Å². The van der Waals surface area contributed by atoms with Crippen LogP contribution in [0.1, 0.15) is 15.9 Å². The van der Waals surface area contributed by atoms with E-state index in [1.54, 1.807) is 30.3 Å². The minimum Gasteiger partial charge on any atom is -0.493 e. The van der Waals surface area contributed by atoms with Gasteiger partial charge in [-0.25, -0.2) is 4.79 Å². The molecule has 0 bridgehead atoms. The topological polar surface area (TPSA) is 94.1 Å². The smallest absolute Gasteiger partial charge is 0.337 e. The normalized spacial score (nSPS) is 10.4. The predicted molar refractivity (Wildman–Crippen MR) is 97.2 cm³/mol. The van der Waals surface area contributed by atoms with Crippen LogP contribution in [0.15, 0.2) is 42.5 Å². The first-order valence-electron chi connectivity index (χ1n) is 7.62. The molecule has 1 amide bonds. The van der Waals surface area contributed by atoms with E-state index in [0.717, 1.165) is 0 Å². The number of carbonyl (C=O) groups is 2. The maximum Gasteiger partial charge on any atom is 0.337 e. The van der Waals surface area contributed by atoms with Gasteiger partial charge in [-0.3, -0.25) is 4.79 Å². The molecule has 7 nitrogen and oxygen atoms in total. The monoisotopic (exact) mass is 357 g/mol. The maximum absolute atomic E-state index is 12.2. The lowest BCUT2D eigenvalue weighted by atomic mass is 10.1. The maximum atomic E-state index is 12.2. The lowest BCUT2D eigenvalue weighted by Crippen LogP contribution is -2.11. The molecule has 0 atom stereocenters. The van der Waals surface area contributed by atoms with E-state index < -0.39 is 11.9 Å². The molecule has 2 aromatic carbocycles. The number of hydrogen-bond acceptors (Lipinski definition) is 5. The van der Waals surface area contributed by atoms with Gasteiger partial charge in [0.15, 0.2) is 11.5 Å². The second kappa shape index (κ2) is 8.57. The van der Waals surface area contributed by atoms with Crippen molar-refractivity contribution < 1.29 is 28.9 Å². The molecule has 0 heterocycles. The highest BCUT2D eigenvalue weighted by Gasteiger charge is 2.15. The molecule has 2 aromatic rings. The van der Waals surface area contributed by atoms with Crippen LogP contribution in [-0.4, -0.2) is 38.3 Å². The number of methoxy groups -OCH3 is 3. The zero-order chi connectivity index (χ0) is 19.1. The van der Waals surface area contributed by atoms with Crippen molar-refractivity contribution in [2.45, 2.75) is 0 Å². The summed E-state index contributed by atoms with van der Waals surface area (Å²) in [6, 6.07) is 9.58. The van der Waals surface area contributed by atoms with Crippen molar-refractivity contribution in [3.8, 4) is 17.2 Å². The number of nitrogens with one attached hydrogen (secondary N) is 1. The minimum atomic E-state index is -1.12. The molecular weight excluding hydrogens is 338 g/mol. The molecule has 0 fully saturated rings. The van der Waals surface area contributed by atoms with Crippen LogP contribution in [0.2, 0.25) is 0 Å². The summed E-state index contributed by atoms with van der Waals surface area (Å²) in [6.07, 6.45) is 2.82. The van der Waals surface area contributed by atoms with Crippen molar-refractivity contribution in [1.82, 2.24) is 0 Å². The van der Waals surface area contributed by atoms with Crippen LogP contribution in [0.25, 0.3) is 6.08 Å². The fraction of sp³-hybridized carbons (Fsp3) is 0.158. The van der Waals surface area contributed by atoms with Gasteiger partial charge in [0.1, 0.15) is 0 Å². The van der Waals surface area contributed by atoms with E-state index in [2.05, 4.69) is 5.32 Å². The van der Waals surface area contributed by atoms with E-state index in [4.69, 9.17) is 19.3 Å². The van der Waals surface area contributed by atoms with Crippen molar-refractivity contribution in [2.24, 2.45) is 0 Å². The number of ether oxygens (including phenoxy) is 3. The second-order valence-corrected chi connectivity index (χ2v) is 5.10. The van der Waals surface area contributed by atoms with Crippen molar-refractivity contribution in [3.63, 3.8) is 0 Å². The minimum absolute atomic E-state index is 0.0120. The van der Waals surface area contributed by atoms with Crippen molar-refractivity contribution >= 4 is 23.6 Å². The molecule has 0 radical (unpaired) electrons. The summed E-state index contributed by atoms with van der Waals surface area (Å²) in [6.45, 7) is 0. The fourth-order valence-electron chi connectivity index (χ4n) is 2.37. The average molecular weight is 357 g/mol. The Morgan fingerprint density at radius 2 is 1.65 bits per heavy atom. The highest BCUT2D eigenvalue weighted by atomic mass is 16.5. The number of rotatable bonds is 7. The highest BCUT2D eigenvalue weighted by Crippen LogP contribution is 2.40. The van der Waals surface area contributed by atoms with Crippen LogP contribution in [0.5, 0.6) is 17.2 Å². The Morgan fingerprint density at radius 3 is 2.27 bits per heavy atom. The molecule has 0 aliphatic heterocycles. The summed E-state index contributed by atoms with van der Waals surface area (Å²) in [5.74, 6) is -0.265. The molecule has 0 unspecified atom stereocenters. The third kappa shape index (κ3) is 4.13. The molecule has 0 aromatic heterocycles. The van der Waals surface area contributed by atoms with Crippen LogP contribution in [0.3, 0.4) is 0 Å². The summed E-state index contributed by atoms with van der Waals surface area (Å²) in [7, 11) is 4.49. The van der Waals surface area contributed by atoms with E-state index in [0.29, 0.717) is 22.8 Å². The first-order valence-corrected chi connectivity index (χ1v) is 7.62. The van der Waals surface area contributed by atoms with Gasteiger partial charge in [0, 0.05) is 11.6 Å². The Balaban J connectivity index is 2.25. The molecule has 0 aliphatic rings. The molecule has 0 aliphatic carbocycles. The summed E-state index contributed by atoms with van der Waals surface area (Å²) in [5, 5.41) is 11.7. The van der Waals surface area contributed by atoms with E-state index in [-0.39, 0.29) is 11.3 Å². The number of amides is 1. The number of carboxylic acid groups (broad SMARTS) is 1. The number of carbonyl (C=O) groups excluding carboxylic acids is 1. The Bertz CT molecular complexity index is 844. The third-order valence-electron chi connectivity index (χ3n) is 3.56. The Labute approximate surface area is 150 Å². The number of benzene rings is 2. The number of para-hydroxylation sites is 1. The standard InChI is InChI=1S/C19H19NO6/c1-24-15-10-8-12(17(25-2)18(15)26-3)9-11-16(21)20-14-7-5-4-6-13(14)19(22)23/h4-11H,1-3H3,(H,20,21)(H,22,23)/b11-9+. The SMILES string of the molecule is COc1ccc(/C=C/C(=O)Nc2ccccc2C(=O)O)c(OC)c1OC. The van der Waals surface area contributed by atoms with E-state index in [1.165, 1.54) is 39.5 Å². The predicted octanol–water partition coefficient (Wildman–Crippen LogP) is 3.06. The van der Waals surface area contributed by atoms with E-state index in [1.807, 2.05) is 0 Å². The molecule has 0 spiro atoms. The van der Waals surface area contributed by atoms with Crippen LogP contribution < -0.4 is 19.5 Å². The Morgan fingerprint density at radius 1 is 0.962 bits per heavy atom. The Hall–Kier alpha value is -3.48. The summed E-state index contributed by atoms with van der Waals surface area (Å²) in [5.41, 5.74) is 0.832. The van der Waals surface area contributed by atoms with Crippen LogP contribution in [0, 0.1) is 0 Å². The third-order valence-corrected chi connectivity index (χ3v) is 3.56. The second-order valence-electron chi connectivity index (χ2n) is 5.10. The number of anilines is 1. The molecule has 0 saturated carbocycles. The number of carboxylic acids is 1. The van der Waals surface area contributed by atoms with Crippen molar-refractivity contribution in [3.05, 3.63) is 53.6 Å². The first-order chi connectivity index (χ1) is 12.5. The lowest BCUT2D eigenvalue weighted by Gasteiger charge is -2.14. The lowest BCUT2D eigenvalue weighted by molar-refractivity contribution is -0.111. The largest absolute Gasteiger partial charge is 0.493 e. The van der Waals surface area contributed by atoms with Crippen molar-refractivity contribution in [1.29, 1.82) is 0 Å². The van der Waals surface area contributed by atoms with Crippen LogP contribution in [0.4, 0.5) is 5.69 Å². The van der Waals surface area contributed by atoms with Gasteiger partial charge in [-0.15, -0.1) is 0 Å². The number of hydrogen-bond donors (Lipinski definition) is 2. The molecule has 0 saturated heterocycles. The Kier molecular flexibility index (Phi) is 6.21. The molecule has 26 heavy (non-hydrogen) atoms. The first kappa shape index (κ1) is 18.9.